The summed E-state index contributed by atoms with van der Waals surface area (Å²) in [6.07, 6.45) is 0.738. The zero-order valence-electron chi connectivity index (χ0n) is 13.3. The Hall–Kier alpha value is -2.63. The van der Waals surface area contributed by atoms with E-state index in [0.717, 1.165) is 5.56 Å². The van der Waals surface area contributed by atoms with Gasteiger partial charge in [-0.2, -0.15) is 0 Å². The van der Waals surface area contributed by atoms with Crippen LogP contribution in [0.25, 0.3) is 11.5 Å². The van der Waals surface area contributed by atoms with E-state index in [0.29, 0.717) is 30.3 Å². The number of rotatable bonds is 7. The van der Waals surface area contributed by atoms with Gasteiger partial charge in [-0.15, -0.1) is 0 Å². The van der Waals surface area contributed by atoms with Crippen LogP contribution in [0.4, 0.5) is 0 Å². The second-order valence-corrected chi connectivity index (χ2v) is 5.27. The fraction of sp³-hybridized carbons (Fsp3) is 0.353. The lowest BCUT2D eigenvalue weighted by atomic mass is 10.2. The number of carbonyl (C=O) groups excluding carboxylic acids is 1. The Morgan fingerprint density at radius 1 is 1.26 bits per heavy atom. The molecular weight excluding hydrogens is 296 g/mol. The minimum Gasteiger partial charge on any atom is -0.480 e. The fourth-order valence-electron chi connectivity index (χ4n) is 2.28. The first-order valence-corrected chi connectivity index (χ1v) is 7.52. The van der Waals surface area contributed by atoms with Crippen molar-refractivity contribution >= 4 is 11.9 Å². The molecule has 0 saturated heterocycles. The van der Waals surface area contributed by atoms with Crippen molar-refractivity contribution in [2.75, 3.05) is 13.1 Å². The molecule has 2 aromatic rings. The third-order valence-corrected chi connectivity index (χ3v) is 3.40. The number of amides is 1. The van der Waals surface area contributed by atoms with Crippen molar-refractivity contribution in [2.24, 2.45) is 0 Å². The first-order chi connectivity index (χ1) is 11.0. The Balaban J connectivity index is 2.14. The van der Waals surface area contributed by atoms with Crippen molar-refractivity contribution in [1.29, 1.82) is 0 Å². The van der Waals surface area contributed by atoms with E-state index in [2.05, 4.69) is 4.98 Å². The second-order valence-electron chi connectivity index (χ2n) is 5.27. The van der Waals surface area contributed by atoms with Crippen LogP contribution < -0.4 is 0 Å². The van der Waals surface area contributed by atoms with E-state index < -0.39 is 5.97 Å². The van der Waals surface area contributed by atoms with E-state index in [-0.39, 0.29) is 18.9 Å². The first kappa shape index (κ1) is 16.7. The van der Waals surface area contributed by atoms with E-state index in [4.69, 9.17) is 9.52 Å². The highest BCUT2D eigenvalue weighted by atomic mass is 16.4. The zero-order chi connectivity index (χ0) is 16.8. The Morgan fingerprint density at radius 2 is 1.96 bits per heavy atom. The number of carbonyl (C=O) groups is 2. The highest BCUT2D eigenvalue weighted by molar-refractivity contribution is 5.83. The topological polar surface area (TPSA) is 83.6 Å². The maximum absolute atomic E-state index is 12.3. The molecule has 0 aliphatic rings. The van der Waals surface area contributed by atoms with E-state index in [1.807, 2.05) is 37.3 Å². The summed E-state index contributed by atoms with van der Waals surface area (Å²) in [5.74, 6) is -0.242. The molecule has 6 heteroatoms. The summed E-state index contributed by atoms with van der Waals surface area (Å²) in [5.41, 5.74) is 1.38. The molecule has 1 aromatic carbocycles. The van der Waals surface area contributed by atoms with Crippen LogP contribution in [0.5, 0.6) is 0 Å². The Kier molecular flexibility index (Phi) is 5.51. The van der Waals surface area contributed by atoms with Crippen LogP contribution in [0.15, 0.2) is 34.7 Å². The largest absolute Gasteiger partial charge is 0.480 e. The van der Waals surface area contributed by atoms with Gasteiger partial charge in [-0.25, -0.2) is 4.98 Å². The van der Waals surface area contributed by atoms with Crippen LogP contribution in [-0.4, -0.2) is 40.0 Å². The number of oxazole rings is 1. The first-order valence-electron chi connectivity index (χ1n) is 7.52. The standard InChI is InChI=1S/C17H20N2O4/c1-3-9-19(11-16(21)22)15(20)10-14-12(2)23-17(18-14)13-7-5-4-6-8-13/h4-8H,3,9-11H2,1-2H3,(H,21,22). The van der Waals surface area contributed by atoms with E-state index >= 15 is 0 Å². The van der Waals surface area contributed by atoms with E-state index in [1.165, 1.54) is 4.90 Å². The van der Waals surface area contributed by atoms with E-state index in [9.17, 15) is 9.59 Å². The van der Waals surface area contributed by atoms with Crippen LogP contribution >= 0.6 is 0 Å². The number of hydrogen-bond acceptors (Lipinski definition) is 4. The molecule has 0 saturated carbocycles. The van der Waals surface area contributed by atoms with Gasteiger partial charge in [-0.3, -0.25) is 9.59 Å². The SMILES string of the molecule is CCCN(CC(=O)O)C(=O)Cc1nc(-c2ccccc2)oc1C. The van der Waals surface area contributed by atoms with Gasteiger partial charge >= 0.3 is 5.97 Å². The molecule has 0 spiro atoms. The number of benzene rings is 1. The molecule has 2 rings (SSSR count). The molecule has 1 heterocycles. The van der Waals surface area contributed by atoms with Crippen LogP contribution in [0.1, 0.15) is 24.8 Å². The van der Waals surface area contributed by atoms with Crippen molar-refractivity contribution in [3.63, 3.8) is 0 Å². The van der Waals surface area contributed by atoms with Gasteiger partial charge in [-0.1, -0.05) is 25.1 Å². The number of nitrogens with zero attached hydrogens (tertiary/aromatic N) is 2. The maximum atomic E-state index is 12.3. The van der Waals surface area contributed by atoms with Gasteiger partial charge in [-0.05, 0) is 25.5 Å². The van der Waals surface area contributed by atoms with Crippen LogP contribution in [0.3, 0.4) is 0 Å². The molecule has 0 fully saturated rings. The molecule has 0 unspecified atom stereocenters. The van der Waals surface area contributed by atoms with E-state index in [1.54, 1.807) is 6.92 Å². The molecule has 1 amide bonds. The van der Waals surface area contributed by atoms with Gasteiger partial charge in [0.15, 0.2) is 0 Å². The maximum Gasteiger partial charge on any atom is 0.323 e. The Bertz CT molecular complexity index is 679. The van der Waals surface area contributed by atoms with Gasteiger partial charge in [0, 0.05) is 12.1 Å². The Labute approximate surface area is 134 Å². The molecule has 0 bridgehead atoms. The highest BCUT2D eigenvalue weighted by Crippen LogP contribution is 2.21. The van der Waals surface area contributed by atoms with Crippen LogP contribution in [0, 0.1) is 6.92 Å². The second kappa shape index (κ2) is 7.58. The number of aromatic nitrogens is 1. The number of aryl methyl sites for hydroxylation is 1. The molecule has 0 atom stereocenters. The van der Waals surface area contributed by atoms with Crippen molar-refractivity contribution < 1.29 is 19.1 Å². The zero-order valence-corrected chi connectivity index (χ0v) is 13.3. The lowest BCUT2D eigenvalue weighted by Crippen LogP contribution is -2.37. The van der Waals surface area contributed by atoms with Crippen molar-refractivity contribution in [3.05, 3.63) is 41.8 Å². The molecule has 0 radical (unpaired) electrons. The van der Waals surface area contributed by atoms with Gasteiger partial charge in [0.1, 0.15) is 12.3 Å². The summed E-state index contributed by atoms with van der Waals surface area (Å²) in [6.45, 7) is 3.77. The third-order valence-electron chi connectivity index (χ3n) is 3.40. The summed E-state index contributed by atoms with van der Waals surface area (Å²) in [4.78, 5) is 28.9. The number of carboxylic acids is 1. The van der Waals surface area contributed by atoms with Gasteiger partial charge in [0.25, 0.3) is 0 Å². The predicted octanol–water partition coefficient (Wildman–Crippen LogP) is 2.52. The molecule has 6 nitrogen and oxygen atoms in total. The molecule has 1 N–H and O–H groups in total. The minimum atomic E-state index is -1.02. The molecule has 0 aliphatic heterocycles. The average Bonchev–Trinajstić information content (AvgIpc) is 2.88. The quantitative estimate of drug-likeness (QED) is 0.848. The molecule has 0 aliphatic carbocycles. The molecule has 1 aromatic heterocycles. The van der Waals surface area contributed by atoms with Gasteiger partial charge in [0.05, 0.1) is 12.1 Å². The summed E-state index contributed by atoms with van der Waals surface area (Å²) in [6, 6.07) is 9.43. The molecule has 23 heavy (non-hydrogen) atoms. The lowest BCUT2D eigenvalue weighted by Gasteiger charge is -2.19. The van der Waals surface area contributed by atoms with Crippen LogP contribution in [-0.2, 0) is 16.0 Å². The van der Waals surface area contributed by atoms with Crippen LogP contribution in [0.2, 0.25) is 0 Å². The summed E-state index contributed by atoms with van der Waals surface area (Å²) in [5, 5.41) is 8.90. The smallest absolute Gasteiger partial charge is 0.323 e. The fourth-order valence-corrected chi connectivity index (χ4v) is 2.28. The van der Waals surface area contributed by atoms with Crippen molar-refractivity contribution in [2.45, 2.75) is 26.7 Å². The minimum absolute atomic E-state index is 0.0371. The third kappa shape index (κ3) is 4.42. The number of hydrogen-bond donors (Lipinski definition) is 1. The molecular formula is C17H20N2O4. The number of carboxylic acid groups (broad SMARTS) is 1. The highest BCUT2D eigenvalue weighted by Gasteiger charge is 2.20. The number of aliphatic carboxylic acids is 1. The average molecular weight is 316 g/mol. The van der Waals surface area contributed by atoms with Gasteiger partial charge in [0.2, 0.25) is 11.8 Å². The summed E-state index contributed by atoms with van der Waals surface area (Å²) in [7, 11) is 0. The van der Waals surface area contributed by atoms with Gasteiger partial charge < -0.3 is 14.4 Å². The summed E-state index contributed by atoms with van der Waals surface area (Å²) >= 11 is 0. The lowest BCUT2D eigenvalue weighted by molar-refractivity contribution is -0.144. The predicted molar refractivity (Wildman–Crippen MR) is 84.9 cm³/mol. The molecule has 122 valence electrons. The van der Waals surface area contributed by atoms with Crippen molar-refractivity contribution in [1.82, 2.24) is 9.88 Å². The normalized spacial score (nSPS) is 10.5. The Morgan fingerprint density at radius 3 is 2.57 bits per heavy atom. The van der Waals surface area contributed by atoms with Crippen molar-refractivity contribution in [3.8, 4) is 11.5 Å². The summed E-state index contributed by atoms with van der Waals surface area (Å²) < 4.78 is 5.62. The monoisotopic (exact) mass is 316 g/mol.